The fourth-order valence-corrected chi connectivity index (χ4v) is 2.47. The van der Waals surface area contributed by atoms with Gasteiger partial charge in [0, 0.05) is 16.6 Å². The molecule has 0 aliphatic rings. The Balaban J connectivity index is 1.75. The van der Waals surface area contributed by atoms with E-state index in [1.807, 2.05) is 24.3 Å². The van der Waals surface area contributed by atoms with Crippen LogP contribution in [0.3, 0.4) is 0 Å². The van der Waals surface area contributed by atoms with Gasteiger partial charge in [0.15, 0.2) is 0 Å². The summed E-state index contributed by atoms with van der Waals surface area (Å²) in [6.45, 7) is 1.34. The monoisotopic (exact) mass is 334 g/mol. The van der Waals surface area contributed by atoms with E-state index in [2.05, 4.69) is 40.2 Å². The normalized spacial score (nSPS) is 10.5. The number of rotatable bonds is 7. The van der Waals surface area contributed by atoms with E-state index in [-0.39, 0.29) is 0 Å². The molecule has 2 aromatic rings. The highest BCUT2D eigenvalue weighted by Gasteiger charge is 2.03. The van der Waals surface area contributed by atoms with Gasteiger partial charge in [0.2, 0.25) is 0 Å². The molecule has 2 rings (SSSR count). The maximum absolute atomic E-state index is 5.74. The van der Waals surface area contributed by atoms with Crippen LogP contribution in [-0.2, 0) is 17.8 Å². The van der Waals surface area contributed by atoms with E-state index in [4.69, 9.17) is 9.47 Å². The molecule has 0 fully saturated rings. The molecule has 0 aliphatic heterocycles. The van der Waals surface area contributed by atoms with Gasteiger partial charge in [-0.25, -0.2) is 0 Å². The Labute approximate surface area is 128 Å². The third kappa shape index (κ3) is 4.66. The van der Waals surface area contributed by atoms with Gasteiger partial charge in [0.1, 0.15) is 5.75 Å². The molecule has 0 amide bonds. The average molecular weight is 335 g/mol. The minimum absolute atomic E-state index is 0.581. The Kier molecular flexibility index (Phi) is 6.09. The number of halogens is 1. The van der Waals surface area contributed by atoms with E-state index in [1.165, 1.54) is 5.56 Å². The number of ether oxygens (including phenoxy) is 2. The minimum atomic E-state index is 0.581. The highest BCUT2D eigenvalue weighted by Crippen LogP contribution is 2.23. The van der Waals surface area contributed by atoms with Crippen molar-refractivity contribution in [3.63, 3.8) is 0 Å². The summed E-state index contributed by atoms with van der Waals surface area (Å²) in [6, 6.07) is 16.4. The molecular weight excluding hydrogens is 316 g/mol. The molecular formula is C17H19BrO2. The van der Waals surface area contributed by atoms with Gasteiger partial charge >= 0.3 is 0 Å². The van der Waals surface area contributed by atoms with Gasteiger partial charge in [-0.3, -0.25) is 0 Å². The van der Waals surface area contributed by atoms with Crippen LogP contribution >= 0.6 is 15.9 Å². The van der Waals surface area contributed by atoms with Gasteiger partial charge in [0.25, 0.3) is 0 Å². The Morgan fingerprint density at radius 2 is 1.85 bits per heavy atom. The second-order valence-electron chi connectivity index (χ2n) is 4.60. The maximum Gasteiger partial charge on any atom is 0.124 e. The minimum Gasteiger partial charge on any atom is -0.496 e. The first kappa shape index (κ1) is 15.1. The van der Waals surface area contributed by atoms with Crippen LogP contribution in [-0.4, -0.2) is 13.7 Å². The quantitative estimate of drug-likeness (QED) is 0.688. The first-order valence-electron chi connectivity index (χ1n) is 6.73. The van der Waals surface area contributed by atoms with Crippen molar-refractivity contribution in [2.75, 3.05) is 13.7 Å². The van der Waals surface area contributed by atoms with Crippen LogP contribution < -0.4 is 4.74 Å². The van der Waals surface area contributed by atoms with Crippen molar-refractivity contribution >= 4 is 15.9 Å². The molecule has 0 saturated heterocycles. The molecule has 0 spiro atoms. The summed E-state index contributed by atoms with van der Waals surface area (Å²) in [5.41, 5.74) is 2.43. The molecule has 106 valence electrons. The smallest absolute Gasteiger partial charge is 0.124 e. The molecule has 0 unspecified atom stereocenters. The lowest BCUT2D eigenvalue weighted by Gasteiger charge is -2.09. The van der Waals surface area contributed by atoms with Crippen molar-refractivity contribution in [3.05, 3.63) is 64.1 Å². The van der Waals surface area contributed by atoms with Crippen molar-refractivity contribution in [1.82, 2.24) is 0 Å². The van der Waals surface area contributed by atoms with Crippen molar-refractivity contribution < 1.29 is 9.47 Å². The lowest BCUT2D eigenvalue weighted by atomic mass is 10.1. The van der Waals surface area contributed by atoms with Gasteiger partial charge in [-0.2, -0.15) is 0 Å². The third-order valence-corrected chi connectivity index (χ3v) is 3.59. The van der Waals surface area contributed by atoms with Crippen molar-refractivity contribution in [2.24, 2.45) is 0 Å². The van der Waals surface area contributed by atoms with E-state index >= 15 is 0 Å². The van der Waals surface area contributed by atoms with Crippen molar-refractivity contribution in [1.29, 1.82) is 0 Å². The summed E-state index contributed by atoms with van der Waals surface area (Å²) < 4.78 is 12.1. The summed E-state index contributed by atoms with van der Waals surface area (Å²) >= 11 is 3.47. The van der Waals surface area contributed by atoms with Crippen LogP contribution in [0, 0.1) is 0 Å². The van der Waals surface area contributed by atoms with Crippen LogP contribution in [0.2, 0.25) is 0 Å². The Morgan fingerprint density at radius 1 is 1.05 bits per heavy atom. The van der Waals surface area contributed by atoms with Gasteiger partial charge in [0.05, 0.1) is 13.7 Å². The Morgan fingerprint density at radius 3 is 2.60 bits per heavy atom. The third-order valence-electron chi connectivity index (χ3n) is 3.10. The van der Waals surface area contributed by atoms with Gasteiger partial charge in [-0.15, -0.1) is 0 Å². The molecule has 20 heavy (non-hydrogen) atoms. The van der Waals surface area contributed by atoms with Crippen LogP contribution in [0.15, 0.2) is 53.0 Å². The molecule has 0 N–H and O–H groups in total. The molecule has 0 saturated carbocycles. The fourth-order valence-electron chi connectivity index (χ4n) is 2.07. The van der Waals surface area contributed by atoms with Crippen molar-refractivity contribution in [3.8, 4) is 5.75 Å². The van der Waals surface area contributed by atoms with E-state index in [1.54, 1.807) is 7.11 Å². The molecule has 0 aromatic heterocycles. The van der Waals surface area contributed by atoms with E-state index in [9.17, 15) is 0 Å². The summed E-state index contributed by atoms with van der Waals surface area (Å²) in [7, 11) is 1.68. The first-order valence-corrected chi connectivity index (χ1v) is 7.53. The van der Waals surface area contributed by atoms with Gasteiger partial charge in [-0.05, 0) is 36.6 Å². The highest BCUT2D eigenvalue weighted by molar-refractivity contribution is 9.10. The van der Waals surface area contributed by atoms with Crippen LogP contribution in [0.5, 0.6) is 5.75 Å². The second kappa shape index (κ2) is 8.08. The molecule has 0 radical (unpaired) electrons. The van der Waals surface area contributed by atoms with Crippen LogP contribution in [0.1, 0.15) is 17.5 Å². The predicted octanol–water partition coefficient (Wildman–Crippen LogP) is 4.61. The number of methoxy groups -OCH3 is 1. The number of aryl methyl sites for hydroxylation is 1. The first-order chi connectivity index (χ1) is 9.79. The number of hydrogen-bond donors (Lipinski definition) is 0. The van der Waals surface area contributed by atoms with Crippen LogP contribution in [0.4, 0.5) is 0 Å². The number of hydrogen-bond acceptors (Lipinski definition) is 2. The Hall–Kier alpha value is -1.32. The Bertz CT molecular complexity index is 526. The maximum atomic E-state index is 5.74. The summed E-state index contributed by atoms with van der Waals surface area (Å²) in [4.78, 5) is 0. The fraction of sp³-hybridized carbons (Fsp3) is 0.294. The van der Waals surface area contributed by atoms with Gasteiger partial charge < -0.3 is 9.47 Å². The number of benzene rings is 2. The standard InChI is InChI=1S/C17H19BrO2/c1-19-17-10-9-16(18)12-15(17)13-20-11-5-8-14-6-3-2-4-7-14/h2-4,6-7,9-10,12H,5,8,11,13H2,1H3. The van der Waals surface area contributed by atoms with Crippen LogP contribution in [0.25, 0.3) is 0 Å². The van der Waals surface area contributed by atoms with Crippen molar-refractivity contribution in [2.45, 2.75) is 19.4 Å². The zero-order valence-corrected chi connectivity index (χ0v) is 13.2. The topological polar surface area (TPSA) is 18.5 Å². The zero-order chi connectivity index (χ0) is 14.2. The molecule has 0 aliphatic carbocycles. The average Bonchev–Trinajstić information content (AvgIpc) is 2.48. The predicted molar refractivity (Wildman–Crippen MR) is 85.1 cm³/mol. The summed E-state index contributed by atoms with van der Waals surface area (Å²) in [5, 5.41) is 0. The highest BCUT2D eigenvalue weighted by atomic mass is 79.9. The summed E-state index contributed by atoms with van der Waals surface area (Å²) in [6.07, 6.45) is 2.08. The summed E-state index contributed by atoms with van der Waals surface area (Å²) in [5.74, 6) is 0.872. The van der Waals surface area contributed by atoms with E-state index < -0.39 is 0 Å². The second-order valence-corrected chi connectivity index (χ2v) is 5.51. The van der Waals surface area contributed by atoms with E-state index in [0.29, 0.717) is 6.61 Å². The molecule has 3 heteroatoms. The molecule has 0 heterocycles. The molecule has 0 atom stereocenters. The lowest BCUT2D eigenvalue weighted by Crippen LogP contribution is -1.99. The SMILES string of the molecule is COc1ccc(Br)cc1COCCCc1ccccc1. The molecule has 2 aromatic carbocycles. The molecule has 2 nitrogen and oxygen atoms in total. The lowest BCUT2D eigenvalue weighted by molar-refractivity contribution is 0.117. The van der Waals surface area contributed by atoms with E-state index in [0.717, 1.165) is 35.2 Å². The molecule has 0 bridgehead atoms. The van der Waals surface area contributed by atoms with Gasteiger partial charge in [-0.1, -0.05) is 46.3 Å². The largest absolute Gasteiger partial charge is 0.496 e. The zero-order valence-electron chi connectivity index (χ0n) is 11.6.